The van der Waals surface area contributed by atoms with Crippen LogP contribution in [0.15, 0.2) is 243 Å². The molecule has 0 saturated heterocycles. The van der Waals surface area contributed by atoms with Gasteiger partial charge >= 0.3 is 11.9 Å². The number of hydrogen-bond acceptors (Lipinski definition) is 24. The van der Waals surface area contributed by atoms with E-state index in [2.05, 4.69) is 9.97 Å². The highest BCUT2D eigenvalue weighted by Crippen LogP contribution is 2.46. The highest BCUT2D eigenvalue weighted by Gasteiger charge is 2.47. The highest BCUT2D eigenvalue weighted by atomic mass is 16.5. The van der Waals surface area contributed by atoms with Gasteiger partial charge in [-0.15, -0.1) is 0 Å². The largest absolute Gasteiger partial charge is 0.466 e. The Hall–Kier alpha value is -18.0. The lowest BCUT2D eigenvalue weighted by Gasteiger charge is -2.32. The summed E-state index contributed by atoms with van der Waals surface area (Å²) in [4.78, 5) is 255. The molecule has 22 rings (SSSR count). The molecule has 0 fully saturated rings. The molecule has 14 aromatic rings. The van der Waals surface area contributed by atoms with Gasteiger partial charge in [0.15, 0.2) is 0 Å². The number of anilines is 6. The molecule has 16 amide bonds. The fourth-order valence-electron chi connectivity index (χ4n) is 18.7. The van der Waals surface area contributed by atoms with Crippen LogP contribution in [-0.2, 0) is 41.4 Å². The van der Waals surface area contributed by atoms with E-state index < -0.39 is 94.5 Å². The average Bonchev–Trinajstić information content (AvgIpc) is 0.718. The molecule has 0 radical (unpaired) electrons. The minimum atomic E-state index is -0.594. The lowest BCUT2D eigenvalue weighted by molar-refractivity contribution is -0.143. The second-order valence-electron chi connectivity index (χ2n) is 33.1. The zero-order chi connectivity index (χ0) is 98.2. The van der Waals surface area contributed by atoms with Gasteiger partial charge in [0.1, 0.15) is 11.6 Å². The summed E-state index contributed by atoms with van der Waals surface area (Å²) in [7, 11) is 0. The molecule has 140 heavy (non-hydrogen) atoms. The van der Waals surface area contributed by atoms with Crippen molar-refractivity contribution in [2.45, 2.75) is 54.4 Å². The normalized spacial score (nSPS) is 14.7. The van der Waals surface area contributed by atoms with Gasteiger partial charge in [-0.3, -0.25) is 96.1 Å². The minimum absolute atomic E-state index is 0.0561. The van der Waals surface area contributed by atoms with Crippen LogP contribution in [0, 0.1) is 13.8 Å². The van der Waals surface area contributed by atoms with Gasteiger partial charge in [-0.05, 0) is 223 Å². The van der Waals surface area contributed by atoms with Gasteiger partial charge in [0.2, 0.25) is 0 Å². The van der Waals surface area contributed by atoms with E-state index in [1.807, 2.05) is 13.8 Å². The van der Waals surface area contributed by atoms with Gasteiger partial charge in [-0.1, -0.05) is 72.8 Å². The second-order valence-corrected chi connectivity index (χ2v) is 33.1. The van der Waals surface area contributed by atoms with Crippen LogP contribution in [0.1, 0.15) is 216 Å². The molecule has 8 aliphatic heterocycles. The van der Waals surface area contributed by atoms with E-state index >= 15 is 0 Å². The molecule has 0 atom stereocenters. The van der Waals surface area contributed by atoms with E-state index in [-0.39, 0.29) is 153 Å². The number of ether oxygens (including phenoxy) is 4. The van der Waals surface area contributed by atoms with Gasteiger partial charge in [0.25, 0.3) is 94.5 Å². The van der Waals surface area contributed by atoms with E-state index in [9.17, 15) is 86.3 Å². The first-order chi connectivity index (χ1) is 67.7. The van der Waals surface area contributed by atoms with Crippen molar-refractivity contribution in [3.05, 3.63) is 354 Å². The summed E-state index contributed by atoms with van der Waals surface area (Å²) in [6, 6.07) is 65.0. The second kappa shape index (κ2) is 36.6. The number of para-hydroxylation sites is 2. The van der Waals surface area contributed by atoms with Gasteiger partial charge in [0.05, 0.1) is 75.1 Å². The maximum Gasteiger partial charge on any atom is 0.310 e. The monoisotopic (exact) mass is 1870 g/mol. The molecule has 0 N–H and O–H groups in total. The van der Waals surface area contributed by atoms with Crippen LogP contribution in [0.4, 0.5) is 34.4 Å². The lowest BCUT2D eigenvalue weighted by Crippen LogP contribution is -2.44. The van der Waals surface area contributed by atoms with E-state index in [0.717, 1.165) is 39.2 Å². The van der Waals surface area contributed by atoms with Crippen molar-refractivity contribution >= 4 is 184 Å². The van der Waals surface area contributed by atoms with Gasteiger partial charge in [-0.2, -0.15) is 0 Å². The predicted octanol–water partition coefficient (Wildman–Crippen LogP) is 15.0. The Labute approximate surface area is 795 Å². The molecule has 0 unspecified atom stereocenters. The zero-order valence-corrected chi connectivity index (χ0v) is 75.6. The van der Waals surface area contributed by atoms with Crippen LogP contribution in [0.2, 0.25) is 0 Å². The van der Waals surface area contributed by atoms with Gasteiger partial charge in [-0.25, -0.2) is 39.4 Å². The number of carbonyl (C=O) groups excluding carboxylic acids is 18. The summed E-state index contributed by atoms with van der Waals surface area (Å²) >= 11 is 0. The number of imide groups is 8. The van der Waals surface area contributed by atoms with Crippen molar-refractivity contribution in [1.29, 1.82) is 0 Å². The summed E-state index contributed by atoms with van der Waals surface area (Å²) in [6.45, 7) is 12.9. The highest BCUT2D eigenvalue weighted by molar-refractivity contribution is 6.46. The molecular formula is C108H78N10O22. The Morgan fingerprint density at radius 1 is 0.229 bits per heavy atom. The van der Waals surface area contributed by atoms with E-state index in [4.69, 9.17) is 18.9 Å². The van der Waals surface area contributed by atoms with Crippen molar-refractivity contribution < 1.29 is 105 Å². The number of hydrogen-bond donors (Lipinski definition) is 0. The molecule has 12 aromatic carbocycles. The molecular weight excluding hydrogens is 1790 g/mol. The van der Waals surface area contributed by atoms with Crippen LogP contribution in [0.25, 0.3) is 43.1 Å². The molecule has 10 heterocycles. The van der Waals surface area contributed by atoms with E-state index in [1.54, 1.807) is 222 Å². The maximum atomic E-state index is 13.7. The Kier molecular flexibility index (Phi) is 23.8. The Morgan fingerprint density at radius 2 is 0.436 bits per heavy atom. The van der Waals surface area contributed by atoms with Crippen LogP contribution in [0.3, 0.4) is 0 Å². The van der Waals surface area contributed by atoms with E-state index in [0.29, 0.717) is 113 Å². The molecule has 692 valence electrons. The smallest absolute Gasteiger partial charge is 0.310 e. The van der Waals surface area contributed by atoms with Crippen molar-refractivity contribution in [1.82, 2.24) is 19.8 Å². The van der Waals surface area contributed by atoms with Crippen molar-refractivity contribution in [2.75, 3.05) is 82.1 Å². The molecule has 32 heteroatoms. The Morgan fingerprint density at radius 3 is 0.643 bits per heavy atom. The standard InChI is InChI=1S/C34H26N2O8.C26H16N4O4.C26H14N2O4.C22H22N2O6/c1-3-43-27(37)17-19-5-9-21(10-6-19)35-31(39)23-13-15-25-30-26(16-14-24(29(23)30)32(35)40)34(42)36(33(25)41)22-11-7-20(8-12-22)18-28(38)44-4-2;1-13-5-3-7-19(27-13)29-23(31)15-9-11-17-22-18(12-10-16(21(15)22)24(29)32)26(34)30(25(17)33)20-8-4-6-14(2)28-20;29-23-17-11-13-19-22-20(26(32)28(25(19)31)16-9-5-2-6-10-16)14-12-18(21(17)22)24(30)27(23)15-7-3-1-4-8-15;1-3-29-11-9-23-19(25)13-5-7-15-18-16(8-6-14(17(13)18)20(23)26)22(28)24(21(15)27)10-12-30-4-2/h5-16H,3-4,17-18H2,1-2H3;3-12H,1-2H3;1-14H;5-8H,3-4,9-12H2,1-2H3. The summed E-state index contributed by atoms with van der Waals surface area (Å²) < 4.78 is 20.5. The third-order valence-electron chi connectivity index (χ3n) is 25.0. The first kappa shape index (κ1) is 91.1. The predicted molar refractivity (Wildman–Crippen MR) is 511 cm³/mol. The number of carbonyl (C=O) groups is 18. The van der Waals surface area contributed by atoms with Crippen LogP contribution in [-0.4, -0.2) is 179 Å². The number of nitrogens with zero attached hydrogens (tertiary/aromatic N) is 10. The quantitative estimate of drug-likeness (QED) is 0.0388. The molecule has 0 aliphatic carbocycles. The molecule has 0 bridgehead atoms. The maximum absolute atomic E-state index is 13.7. The SMILES string of the molecule is CCOC(=O)Cc1ccc(N2C(=O)c3ccc4c5c(ccc(c35)C2=O)C(=O)N(c2ccc(CC(=O)OCC)cc2)C4=O)cc1.CCOCCN1C(=O)c2ccc3c4c(ccc(c24)C1=O)C(=O)N(CCOCC)C3=O.Cc1cccc(N2C(=O)c3ccc4c5c(ccc(c35)C2=O)C(=O)N(c2cccc(C)n2)C4=O)n1.O=C1c2ccc3c4c(ccc(c24)C(=O)N1c1ccccc1)C(=O)N(c1ccccc1)C3=O. The summed E-state index contributed by atoms with van der Waals surface area (Å²) in [5, 5.41) is 2.61. The molecule has 0 spiro atoms. The number of pyridine rings is 2. The number of amides is 16. The number of esters is 2. The third kappa shape index (κ3) is 15.2. The topological polar surface area (TPSA) is 396 Å². The zero-order valence-electron chi connectivity index (χ0n) is 75.6. The third-order valence-corrected chi connectivity index (χ3v) is 25.0. The number of aromatic nitrogens is 2. The first-order valence-electron chi connectivity index (χ1n) is 44.7. The minimum Gasteiger partial charge on any atom is -0.466 e. The van der Waals surface area contributed by atoms with Crippen molar-refractivity contribution in [2.24, 2.45) is 0 Å². The molecule has 0 saturated carbocycles. The molecule has 2 aromatic heterocycles. The van der Waals surface area contributed by atoms with Gasteiger partial charge < -0.3 is 18.9 Å². The Bertz CT molecular complexity index is 7180. The Balaban J connectivity index is 0.000000120. The lowest BCUT2D eigenvalue weighted by atomic mass is 9.85. The first-order valence-corrected chi connectivity index (χ1v) is 44.7. The summed E-state index contributed by atoms with van der Waals surface area (Å²) in [6.07, 6.45) is 0.112. The summed E-state index contributed by atoms with van der Waals surface area (Å²) in [5.41, 5.74) is 8.31. The van der Waals surface area contributed by atoms with Crippen molar-refractivity contribution in [3.63, 3.8) is 0 Å². The van der Waals surface area contributed by atoms with Gasteiger partial charge in [0, 0.05) is 157 Å². The van der Waals surface area contributed by atoms with E-state index in [1.165, 1.54) is 48.5 Å². The molecule has 32 nitrogen and oxygen atoms in total. The van der Waals surface area contributed by atoms with Crippen LogP contribution >= 0.6 is 0 Å². The summed E-state index contributed by atoms with van der Waals surface area (Å²) in [5.74, 6) is -8.64. The number of benzene rings is 12. The fraction of sp³-hybridized carbons (Fsp3) is 0.148. The average molecular weight is 1870 g/mol. The number of aryl methyl sites for hydroxylation is 2. The van der Waals surface area contributed by atoms with Crippen molar-refractivity contribution in [3.8, 4) is 0 Å². The van der Waals surface area contributed by atoms with Crippen LogP contribution in [0.5, 0.6) is 0 Å². The number of rotatable bonds is 20. The molecule has 8 aliphatic rings. The van der Waals surface area contributed by atoms with Crippen LogP contribution < -0.4 is 29.4 Å². The fourth-order valence-corrected chi connectivity index (χ4v) is 18.7.